The lowest BCUT2D eigenvalue weighted by atomic mass is 9.92. The summed E-state index contributed by atoms with van der Waals surface area (Å²) in [7, 11) is 0. The number of hydrogen-bond donors (Lipinski definition) is 0. The molecule has 1 nitrogen and oxygen atoms in total. The summed E-state index contributed by atoms with van der Waals surface area (Å²) in [4.78, 5) is 0.543. The smallest absolute Gasteiger partial charge is 0.0645 e. The van der Waals surface area contributed by atoms with E-state index in [0.29, 0.717) is 27.6 Å². The third-order valence-electron chi connectivity index (χ3n) is 6.87. The highest BCUT2D eigenvalue weighted by atomic mass is 32.1. The first-order chi connectivity index (χ1) is 33.6. The molecule has 212 valence electrons. The van der Waals surface area contributed by atoms with E-state index in [2.05, 4.69) is 0 Å². The maximum Gasteiger partial charge on any atom is 0.0645 e. The lowest BCUT2D eigenvalue weighted by Crippen LogP contribution is -2.10. The number of hydrogen-bond acceptors (Lipinski definition) is 3. The first-order valence-electron chi connectivity index (χ1n) is 26.5. The van der Waals surface area contributed by atoms with Gasteiger partial charge >= 0.3 is 0 Å². The molecular formula is C42H27NS2. The van der Waals surface area contributed by atoms with E-state index < -0.39 is 218 Å². The van der Waals surface area contributed by atoms with Crippen LogP contribution in [0.1, 0.15) is 37.0 Å². The summed E-state index contributed by atoms with van der Waals surface area (Å²) in [5.41, 5.74) is -5.22. The van der Waals surface area contributed by atoms with Crippen LogP contribution in [0, 0.1) is 0 Å². The Morgan fingerprint density at radius 3 is 1.56 bits per heavy atom. The highest BCUT2D eigenvalue weighted by molar-refractivity contribution is 7.27. The maximum atomic E-state index is 9.92. The molecular weight excluding hydrogens is 583 g/mol. The zero-order chi connectivity index (χ0) is 53.2. The largest absolute Gasteiger partial charge is 0.310 e. The second-order valence-electron chi connectivity index (χ2n) is 9.28. The fourth-order valence-corrected chi connectivity index (χ4v) is 7.23. The van der Waals surface area contributed by atoms with Crippen molar-refractivity contribution < 1.29 is 37.0 Å². The van der Waals surface area contributed by atoms with Crippen LogP contribution in [0.2, 0.25) is 0 Å². The van der Waals surface area contributed by atoms with Gasteiger partial charge in [0.15, 0.2) is 0 Å². The molecule has 0 atom stereocenters. The van der Waals surface area contributed by atoms with Crippen molar-refractivity contribution in [2.75, 3.05) is 4.90 Å². The van der Waals surface area contributed by atoms with Gasteiger partial charge in [-0.25, -0.2) is 0 Å². The summed E-state index contributed by atoms with van der Waals surface area (Å²) >= 11 is 1.11. The third kappa shape index (κ3) is 4.27. The molecule has 0 bridgehead atoms. The van der Waals surface area contributed by atoms with Gasteiger partial charge in [-0.1, -0.05) is 121 Å². The average Bonchev–Trinajstić information content (AvgIpc) is 3.95. The summed E-state index contributed by atoms with van der Waals surface area (Å²) in [6.07, 6.45) is 0. The maximum absolute atomic E-state index is 9.92. The van der Waals surface area contributed by atoms with E-state index >= 15 is 0 Å². The van der Waals surface area contributed by atoms with Gasteiger partial charge < -0.3 is 4.90 Å². The van der Waals surface area contributed by atoms with Crippen molar-refractivity contribution in [1.29, 1.82) is 0 Å². The van der Waals surface area contributed by atoms with Crippen LogP contribution in [0.4, 0.5) is 17.1 Å². The van der Waals surface area contributed by atoms with Crippen molar-refractivity contribution in [2.45, 2.75) is 0 Å². The van der Waals surface area contributed by atoms with Crippen molar-refractivity contribution in [3.63, 3.8) is 0 Å². The van der Waals surface area contributed by atoms with Crippen LogP contribution in [-0.4, -0.2) is 0 Å². The SMILES string of the molecule is [2H]c1c([2H])c([2H])c(N(c2c([2H])c([2H])c([2H])c([2H])c2[2H])c2c([2H])c([2H])c(-c3c([2H])c([2H])c([2H])c([2H])c3-c3c([2H])c([2H])c([2H])c4c3sc3c([2H])c([2H])c([2H])c([2H])c34)c3sc4c([2H])c([2H])c([2H])c([2H])c4c23)c([2H])c1[2H]. The number of anilines is 3. The molecule has 9 rings (SSSR count). The summed E-state index contributed by atoms with van der Waals surface area (Å²) in [6, 6.07) is -24.2. The molecule has 0 unspecified atom stereocenters. The van der Waals surface area contributed by atoms with Crippen molar-refractivity contribution in [3.05, 3.63) is 163 Å². The van der Waals surface area contributed by atoms with E-state index in [-0.39, 0.29) is 24.9 Å². The Balaban J connectivity index is 1.60. The molecule has 45 heavy (non-hydrogen) atoms. The second-order valence-corrected chi connectivity index (χ2v) is 11.3. The van der Waals surface area contributed by atoms with E-state index in [1.807, 2.05) is 0 Å². The highest BCUT2D eigenvalue weighted by Gasteiger charge is 2.22. The molecule has 0 N–H and O–H groups in total. The zero-order valence-electron chi connectivity index (χ0n) is 49.3. The van der Waals surface area contributed by atoms with Gasteiger partial charge in [-0.05, 0) is 53.4 Å². The fourth-order valence-electron chi connectivity index (χ4n) is 5.04. The Kier molecular flexibility index (Phi) is 2.55. The summed E-state index contributed by atoms with van der Waals surface area (Å²) < 4.78 is 240. The van der Waals surface area contributed by atoms with Gasteiger partial charge in [0.25, 0.3) is 0 Å². The minimum absolute atomic E-state index is 0.146. The van der Waals surface area contributed by atoms with Crippen molar-refractivity contribution in [3.8, 4) is 22.3 Å². The van der Waals surface area contributed by atoms with Gasteiger partial charge in [0.2, 0.25) is 0 Å². The summed E-state index contributed by atoms with van der Waals surface area (Å²) in [5.74, 6) is 0. The van der Waals surface area contributed by atoms with Crippen molar-refractivity contribution in [2.24, 2.45) is 0 Å². The number of para-hydroxylation sites is 2. The van der Waals surface area contributed by atoms with E-state index in [9.17, 15) is 8.22 Å². The molecule has 0 aliphatic heterocycles. The van der Waals surface area contributed by atoms with Crippen molar-refractivity contribution in [1.82, 2.24) is 0 Å². The monoisotopic (exact) mass is 636 g/mol. The van der Waals surface area contributed by atoms with Crippen molar-refractivity contribution >= 4 is 80.1 Å². The molecule has 0 aliphatic rings. The lowest BCUT2D eigenvalue weighted by molar-refractivity contribution is 1.30. The zero-order valence-corrected chi connectivity index (χ0v) is 23.9. The van der Waals surface area contributed by atoms with Crippen LogP contribution in [0.3, 0.4) is 0 Å². The number of benzene rings is 7. The molecule has 0 radical (unpaired) electrons. The van der Waals surface area contributed by atoms with Crippen LogP contribution in [0.5, 0.6) is 0 Å². The topological polar surface area (TPSA) is 3.24 Å². The predicted octanol–water partition coefficient (Wildman–Crippen LogP) is 13.2. The quantitative estimate of drug-likeness (QED) is 0.182. The lowest BCUT2D eigenvalue weighted by Gasteiger charge is -2.27. The van der Waals surface area contributed by atoms with Gasteiger partial charge in [-0.3, -0.25) is 0 Å². The Bertz CT molecular complexity index is 3900. The van der Waals surface area contributed by atoms with Crippen LogP contribution in [0.25, 0.3) is 62.6 Å². The molecule has 0 saturated carbocycles. The van der Waals surface area contributed by atoms with Crippen LogP contribution >= 0.6 is 22.7 Å². The number of fused-ring (bicyclic) bond motifs is 6. The molecule has 0 spiro atoms. The van der Waals surface area contributed by atoms with Gasteiger partial charge in [0, 0.05) is 62.8 Å². The first-order valence-corrected chi connectivity index (χ1v) is 14.6. The highest BCUT2D eigenvalue weighted by Crippen LogP contribution is 2.50. The number of rotatable bonds is 5. The molecule has 0 aliphatic carbocycles. The Labute approximate surface area is 307 Å². The molecule has 2 heterocycles. The second kappa shape index (κ2) is 10.7. The van der Waals surface area contributed by atoms with Gasteiger partial charge in [0.1, 0.15) is 0 Å². The van der Waals surface area contributed by atoms with Gasteiger partial charge in [-0.15, -0.1) is 22.7 Å². The number of thiophene rings is 2. The molecule has 0 fully saturated rings. The van der Waals surface area contributed by atoms with Crippen LogP contribution < -0.4 is 4.90 Å². The molecule has 2 aromatic heterocycles. The standard InChI is InChI=1S/C42H27NS2/c1-3-14-28(15-4-1)43(29-16-5-2-6-17-29)37-27-26-35(42-40(37)36-21-10-12-25-39(36)45-42)31-19-8-7-18-30(31)33-22-13-23-34-32-20-9-11-24-38(32)44-41(33)34/h1-27H/i1D,2D,3D,4D,5D,6D,7D,8D,9D,10D,11D,12D,13D,14D,15D,16D,17D,18D,19D,20D,21D,22D,23D,24D,25D,26D,27D. The van der Waals surface area contributed by atoms with Gasteiger partial charge in [-0.2, -0.15) is 0 Å². The predicted molar refractivity (Wildman–Crippen MR) is 198 cm³/mol. The Hall–Kier alpha value is -5.22. The number of nitrogens with zero attached hydrogens (tertiary/aromatic N) is 1. The van der Waals surface area contributed by atoms with E-state index in [0.717, 1.165) is 0 Å². The summed E-state index contributed by atoms with van der Waals surface area (Å²) in [5, 5.41) is -1.57. The fraction of sp³-hybridized carbons (Fsp3) is 0. The molecule has 0 saturated heterocycles. The Morgan fingerprint density at radius 1 is 0.378 bits per heavy atom. The minimum Gasteiger partial charge on any atom is -0.310 e. The van der Waals surface area contributed by atoms with Crippen LogP contribution in [-0.2, 0) is 0 Å². The van der Waals surface area contributed by atoms with E-state index in [1.165, 1.54) is 0 Å². The molecule has 7 aromatic carbocycles. The van der Waals surface area contributed by atoms with Crippen LogP contribution in [0.15, 0.2) is 163 Å². The summed E-state index contributed by atoms with van der Waals surface area (Å²) in [6.45, 7) is 0. The normalized spacial score (nSPS) is 20.0. The molecule has 0 amide bonds. The van der Waals surface area contributed by atoms with E-state index in [4.69, 9.17) is 28.8 Å². The first kappa shape index (κ1) is 10.7. The molecule has 3 heteroatoms. The molecule has 9 aromatic rings. The van der Waals surface area contributed by atoms with E-state index in [1.54, 1.807) is 0 Å². The van der Waals surface area contributed by atoms with Gasteiger partial charge in [0.05, 0.1) is 42.7 Å². The average molecular weight is 637 g/mol. The minimum atomic E-state index is -1.12. The Morgan fingerprint density at radius 2 is 0.867 bits per heavy atom. The third-order valence-corrected chi connectivity index (χ3v) is 9.12.